The molecule has 0 unspecified atom stereocenters. The fourth-order valence-electron chi connectivity index (χ4n) is 1.02. The standard InChI is InChI=1S/C8H4BrClS2/c9-8-2-4-1-5(10)6(11)3-7(4)12-8/h1-3,11H. The zero-order valence-corrected chi connectivity index (χ0v) is 9.90. The van der Waals surface area contributed by atoms with Crippen LogP contribution in [0.3, 0.4) is 0 Å². The van der Waals surface area contributed by atoms with Gasteiger partial charge >= 0.3 is 0 Å². The van der Waals surface area contributed by atoms with Crippen molar-refractivity contribution in [2.75, 3.05) is 0 Å². The van der Waals surface area contributed by atoms with Crippen molar-refractivity contribution in [1.82, 2.24) is 0 Å². The van der Waals surface area contributed by atoms with Gasteiger partial charge in [0.25, 0.3) is 0 Å². The summed E-state index contributed by atoms with van der Waals surface area (Å²) in [6.45, 7) is 0. The lowest BCUT2D eigenvalue weighted by molar-refractivity contribution is 1.54. The van der Waals surface area contributed by atoms with E-state index in [1.807, 2.05) is 12.1 Å². The molecule has 4 heteroatoms. The molecule has 1 heterocycles. The maximum absolute atomic E-state index is 5.91. The lowest BCUT2D eigenvalue weighted by Gasteiger charge is -1.95. The van der Waals surface area contributed by atoms with Crippen molar-refractivity contribution in [3.8, 4) is 0 Å². The molecule has 0 saturated heterocycles. The number of halogens is 2. The lowest BCUT2D eigenvalue weighted by atomic mass is 10.3. The third-order valence-corrected chi connectivity index (χ3v) is 3.97. The lowest BCUT2D eigenvalue weighted by Crippen LogP contribution is -1.68. The molecule has 0 aliphatic rings. The molecule has 0 aliphatic carbocycles. The molecule has 62 valence electrons. The summed E-state index contributed by atoms with van der Waals surface area (Å²) >= 11 is 15.3. The second-order valence-electron chi connectivity index (χ2n) is 2.39. The Balaban J connectivity index is 2.83. The van der Waals surface area contributed by atoms with E-state index in [1.165, 1.54) is 4.70 Å². The normalized spacial score (nSPS) is 10.9. The van der Waals surface area contributed by atoms with Gasteiger partial charge in [0.05, 0.1) is 8.81 Å². The summed E-state index contributed by atoms with van der Waals surface area (Å²) in [5, 5.41) is 1.87. The highest BCUT2D eigenvalue weighted by Crippen LogP contribution is 2.34. The van der Waals surface area contributed by atoms with Gasteiger partial charge < -0.3 is 0 Å². The fourth-order valence-corrected chi connectivity index (χ4v) is 3.05. The van der Waals surface area contributed by atoms with Gasteiger partial charge in [-0.1, -0.05) is 11.6 Å². The highest BCUT2D eigenvalue weighted by Gasteiger charge is 2.02. The quantitative estimate of drug-likeness (QED) is 0.669. The number of thiol groups is 1. The molecule has 0 nitrogen and oxygen atoms in total. The Kier molecular flexibility index (Phi) is 2.38. The summed E-state index contributed by atoms with van der Waals surface area (Å²) in [5.74, 6) is 0. The Labute approximate surface area is 93.1 Å². The van der Waals surface area contributed by atoms with Crippen LogP contribution in [0.4, 0.5) is 0 Å². The molecule has 0 fully saturated rings. The maximum Gasteiger partial charge on any atom is 0.0711 e. The van der Waals surface area contributed by atoms with Gasteiger partial charge in [-0.2, -0.15) is 0 Å². The van der Waals surface area contributed by atoms with Crippen LogP contribution in [-0.2, 0) is 0 Å². The van der Waals surface area contributed by atoms with Gasteiger partial charge in [0.2, 0.25) is 0 Å². The number of fused-ring (bicyclic) bond motifs is 1. The van der Waals surface area contributed by atoms with Crippen molar-refractivity contribution in [3.63, 3.8) is 0 Å². The van der Waals surface area contributed by atoms with Gasteiger partial charge in [0, 0.05) is 9.60 Å². The van der Waals surface area contributed by atoms with Gasteiger partial charge in [0.1, 0.15) is 0 Å². The van der Waals surface area contributed by atoms with E-state index in [0.717, 1.165) is 14.1 Å². The van der Waals surface area contributed by atoms with Crippen LogP contribution in [0.2, 0.25) is 5.02 Å². The summed E-state index contributed by atoms with van der Waals surface area (Å²) in [6.07, 6.45) is 0. The number of thiophene rings is 1. The van der Waals surface area contributed by atoms with Crippen LogP contribution >= 0.6 is 51.5 Å². The zero-order chi connectivity index (χ0) is 8.72. The SMILES string of the molecule is Sc1cc2sc(Br)cc2cc1Cl. The predicted octanol–water partition coefficient (Wildman–Crippen LogP) is 4.61. The molecule has 1 aromatic heterocycles. The smallest absolute Gasteiger partial charge is 0.0711 e. The topological polar surface area (TPSA) is 0 Å². The van der Waals surface area contributed by atoms with E-state index in [0.29, 0.717) is 5.02 Å². The maximum atomic E-state index is 5.91. The summed E-state index contributed by atoms with van der Waals surface area (Å²) in [7, 11) is 0. The number of benzene rings is 1. The summed E-state index contributed by atoms with van der Waals surface area (Å²) < 4.78 is 2.32. The van der Waals surface area contributed by atoms with E-state index >= 15 is 0 Å². The molecule has 2 rings (SSSR count). The van der Waals surface area contributed by atoms with Gasteiger partial charge in [-0.15, -0.1) is 24.0 Å². The van der Waals surface area contributed by atoms with E-state index in [9.17, 15) is 0 Å². The number of hydrogen-bond donors (Lipinski definition) is 1. The molecule has 12 heavy (non-hydrogen) atoms. The van der Waals surface area contributed by atoms with Gasteiger partial charge in [-0.25, -0.2) is 0 Å². The molecule has 2 aromatic rings. The van der Waals surface area contributed by atoms with Crippen LogP contribution in [0.25, 0.3) is 10.1 Å². The van der Waals surface area contributed by atoms with E-state index in [-0.39, 0.29) is 0 Å². The minimum Gasteiger partial charge on any atom is -0.142 e. The average molecular weight is 280 g/mol. The van der Waals surface area contributed by atoms with Crippen molar-refractivity contribution >= 4 is 61.6 Å². The highest BCUT2D eigenvalue weighted by molar-refractivity contribution is 9.11. The van der Waals surface area contributed by atoms with Crippen molar-refractivity contribution in [3.05, 3.63) is 27.0 Å². The third-order valence-electron chi connectivity index (χ3n) is 1.56. The Bertz CT molecular complexity index is 397. The molecule has 0 spiro atoms. The Morgan fingerprint density at radius 2 is 2.08 bits per heavy atom. The van der Waals surface area contributed by atoms with E-state index < -0.39 is 0 Å². The second kappa shape index (κ2) is 3.22. The molecule has 0 radical (unpaired) electrons. The van der Waals surface area contributed by atoms with Crippen molar-refractivity contribution in [2.24, 2.45) is 0 Å². The van der Waals surface area contributed by atoms with Crippen LogP contribution < -0.4 is 0 Å². The first-order valence-electron chi connectivity index (χ1n) is 3.24. The summed E-state index contributed by atoms with van der Waals surface area (Å²) in [5.41, 5.74) is 0. The first-order valence-corrected chi connectivity index (χ1v) is 5.68. The monoisotopic (exact) mass is 278 g/mol. The Morgan fingerprint density at radius 3 is 2.83 bits per heavy atom. The molecule has 0 amide bonds. The highest BCUT2D eigenvalue weighted by atomic mass is 79.9. The third kappa shape index (κ3) is 1.51. The zero-order valence-electron chi connectivity index (χ0n) is 5.84. The molecule has 1 aromatic carbocycles. The second-order valence-corrected chi connectivity index (χ2v) is 5.74. The van der Waals surface area contributed by atoms with Crippen LogP contribution in [0, 0.1) is 0 Å². The van der Waals surface area contributed by atoms with E-state index in [2.05, 4.69) is 34.6 Å². The van der Waals surface area contributed by atoms with Crippen LogP contribution in [0.5, 0.6) is 0 Å². The molecule has 0 bridgehead atoms. The van der Waals surface area contributed by atoms with E-state index in [1.54, 1.807) is 11.3 Å². The summed E-state index contributed by atoms with van der Waals surface area (Å²) in [4.78, 5) is 0.832. The Morgan fingerprint density at radius 1 is 1.33 bits per heavy atom. The van der Waals surface area contributed by atoms with Gasteiger partial charge in [0.15, 0.2) is 0 Å². The molecular formula is C8H4BrClS2. The molecular weight excluding hydrogens is 276 g/mol. The number of hydrogen-bond acceptors (Lipinski definition) is 2. The molecule has 0 N–H and O–H groups in total. The van der Waals surface area contributed by atoms with Crippen molar-refractivity contribution in [1.29, 1.82) is 0 Å². The summed E-state index contributed by atoms with van der Waals surface area (Å²) in [6, 6.07) is 5.97. The molecule has 0 aliphatic heterocycles. The Hall–Kier alpha value is 0.300. The van der Waals surface area contributed by atoms with Gasteiger partial charge in [-0.05, 0) is 39.5 Å². The molecule has 0 atom stereocenters. The van der Waals surface area contributed by atoms with E-state index in [4.69, 9.17) is 11.6 Å². The van der Waals surface area contributed by atoms with Crippen molar-refractivity contribution in [2.45, 2.75) is 4.90 Å². The minimum atomic E-state index is 0.705. The predicted molar refractivity (Wildman–Crippen MR) is 61.8 cm³/mol. The van der Waals surface area contributed by atoms with Crippen LogP contribution in [0.15, 0.2) is 26.9 Å². The fraction of sp³-hybridized carbons (Fsp3) is 0. The largest absolute Gasteiger partial charge is 0.142 e. The first kappa shape index (κ1) is 8.88. The average Bonchev–Trinajstić information content (AvgIpc) is 2.30. The first-order chi connectivity index (χ1) is 5.66. The minimum absolute atomic E-state index is 0.705. The van der Waals surface area contributed by atoms with Crippen molar-refractivity contribution < 1.29 is 0 Å². The van der Waals surface area contributed by atoms with Crippen LogP contribution in [0.1, 0.15) is 0 Å². The van der Waals surface area contributed by atoms with Gasteiger partial charge in [-0.3, -0.25) is 0 Å². The molecule has 0 saturated carbocycles. The van der Waals surface area contributed by atoms with Crippen LogP contribution in [-0.4, -0.2) is 0 Å². The number of rotatable bonds is 0.